The fraction of sp³-hybridized carbons (Fsp3) is 0.474. The Kier molecular flexibility index (Phi) is 5.97. The van der Waals surface area contributed by atoms with Crippen LogP contribution in [-0.4, -0.2) is 40.8 Å². The molecule has 7 nitrogen and oxygen atoms in total. The largest absolute Gasteiger partial charge is 1.00 e. The van der Waals surface area contributed by atoms with Gasteiger partial charge in [0.1, 0.15) is 11.3 Å². The van der Waals surface area contributed by atoms with Gasteiger partial charge in [-0.1, -0.05) is 0 Å². The molecule has 1 aliphatic heterocycles. The van der Waals surface area contributed by atoms with E-state index in [1.807, 2.05) is 13.8 Å². The minimum absolute atomic E-state index is 0. The smallest absolute Gasteiger partial charge is 1.00 e. The number of carboxylic acids is 1. The number of nitrogen functional groups attached to an aromatic ring is 1. The molecule has 2 aromatic rings. The van der Waals surface area contributed by atoms with Crippen molar-refractivity contribution in [3.8, 4) is 0 Å². The maximum absolute atomic E-state index is 15.6. The number of anilines is 2. The van der Waals surface area contributed by atoms with Crippen LogP contribution in [0.4, 0.5) is 20.2 Å². The van der Waals surface area contributed by atoms with E-state index in [0.29, 0.717) is 13.1 Å². The number of aromatic carboxylic acids is 1. The van der Waals surface area contributed by atoms with Gasteiger partial charge in [0.25, 0.3) is 0 Å². The third-order valence-corrected chi connectivity index (χ3v) is 5.41. The first-order valence-corrected chi connectivity index (χ1v) is 9.30. The average molecular weight is 416 g/mol. The van der Waals surface area contributed by atoms with Crippen molar-refractivity contribution in [3.63, 3.8) is 0 Å². The van der Waals surface area contributed by atoms with Crippen molar-refractivity contribution < 1.29 is 49.7 Å². The van der Waals surface area contributed by atoms with Gasteiger partial charge in [-0.15, -0.1) is 0 Å². The molecule has 0 bridgehead atoms. The van der Waals surface area contributed by atoms with E-state index in [-0.39, 0.29) is 60.3 Å². The molecular weight excluding hydrogens is 393 g/mol. The van der Waals surface area contributed by atoms with Crippen LogP contribution >= 0.6 is 0 Å². The predicted molar refractivity (Wildman–Crippen MR) is 103 cm³/mol. The second-order valence-electron chi connectivity index (χ2n) is 7.80. The zero-order valence-corrected chi connectivity index (χ0v) is 18.6. The molecule has 2 fully saturated rings. The summed E-state index contributed by atoms with van der Waals surface area (Å²) in [5.41, 5.74) is 3.54. The summed E-state index contributed by atoms with van der Waals surface area (Å²) in [6.45, 7) is 4.60. The summed E-state index contributed by atoms with van der Waals surface area (Å²) in [5, 5.41) is 12.2. The molecule has 29 heavy (non-hydrogen) atoms. The van der Waals surface area contributed by atoms with Crippen molar-refractivity contribution in [3.05, 3.63) is 33.6 Å². The van der Waals surface area contributed by atoms with Crippen LogP contribution in [0.15, 0.2) is 11.0 Å². The molecule has 0 spiro atoms. The van der Waals surface area contributed by atoms with E-state index in [4.69, 9.17) is 5.73 Å². The molecule has 1 saturated heterocycles. The van der Waals surface area contributed by atoms with E-state index in [2.05, 4.69) is 5.32 Å². The molecular formula is C19H23F2N4NaO3. The average Bonchev–Trinajstić information content (AvgIpc) is 3.43. The standard InChI is InChI=1S/C19H22F2N4O3.Na.H/c1-8-5-24(6-9(2)23-8)17-13(20)15(22)12-16(14(17)21)25(10-3-4-10)7-11(18(12)26)19(27)28;;/h7-10,23H,3-6,22H2,1-2H3,(H,27,28);;/q;+1;-1/t8-,9+;;. The van der Waals surface area contributed by atoms with Gasteiger partial charge in [0.15, 0.2) is 11.6 Å². The zero-order chi connectivity index (χ0) is 20.3. The molecule has 2 heterocycles. The molecule has 10 heteroatoms. The van der Waals surface area contributed by atoms with Gasteiger partial charge in [-0.25, -0.2) is 13.6 Å². The number of carboxylic acid groups (broad SMARTS) is 1. The molecule has 1 aromatic heterocycles. The summed E-state index contributed by atoms with van der Waals surface area (Å²) in [5.74, 6) is -3.34. The minimum Gasteiger partial charge on any atom is -1.00 e. The van der Waals surface area contributed by atoms with E-state index in [0.717, 1.165) is 19.0 Å². The maximum Gasteiger partial charge on any atom is 1.00 e. The Labute approximate surface area is 189 Å². The van der Waals surface area contributed by atoms with Crippen LogP contribution in [0.3, 0.4) is 0 Å². The monoisotopic (exact) mass is 416 g/mol. The number of halogens is 2. The Balaban J connectivity index is 0.00000160. The van der Waals surface area contributed by atoms with E-state index >= 15 is 8.78 Å². The van der Waals surface area contributed by atoms with Gasteiger partial charge in [-0.05, 0) is 26.7 Å². The van der Waals surface area contributed by atoms with Crippen molar-refractivity contribution >= 4 is 28.2 Å². The molecule has 1 saturated carbocycles. The number of piperazine rings is 1. The number of hydrogen-bond acceptors (Lipinski definition) is 5. The molecule has 0 radical (unpaired) electrons. The number of fused-ring (bicyclic) bond motifs is 1. The Morgan fingerprint density at radius 2 is 1.83 bits per heavy atom. The van der Waals surface area contributed by atoms with Crippen LogP contribution in [0.25, 0.3) is 10.9 Å². The molecule has 4 rings (SSSR count). The molecule has 2 aliphatic rings. The fourth-order valence-electron chi connectivity index (χ4n) is 4.13. The summed E-state index contributed by atoms with van der Waals surface area (Å²) < 4.78 is 32.2. The van der Waals surface area contributed by atoms with Gasteiger partial charge >= 0.3 is 35.5 Å². The summed E-state index contributed by atoms with van der Waals surface area (Å²) in [7, 11) is 0. The van der Waals surface area contributed by atoms with Gasteiger partial charge in [0.05, 0.1) is 16.6 Å². The summed E-state index contributed by atoms with van der Waals surface area (Å²) in [4.78, 5) is 25.7. The van der Waals surface area contributed by atoms with E-state index in [9.17, 15) is 14.7 Å². The fourth-order valence-corrected chi connectivity index (χ4v) is 4.13. The molecule has 1 aliphatic carbocycles. The first-order chi connectivity index (χ1) is 13.2. The SMILES string of the molecule is C[C@@H]1CN(c2c(F)c(N)c3c(=O)c(C(=O)O)cn(C4CC4)c3c2F)C[C@H](C)N1.[H-].[Na+]. The van der Waals surface area contributed by atoms with Crippen molar-refractivity contribution in [1.82, 2.24) is 9.88 Å². The number of pyridine rings is 1. The van der Waals surface area contributed by atoms with Crippen molar-refractivity contribution in [1.29, 1.82) is 0 Å². The number of carbonyl (C=O) groups is 1. The predicted octanol–water partition coefficient (Wildman–Crippen LogP) is -0.802. The Morgan fingerprint density at radius 3 is 2.34 bits per heavy atom. The number of nitrogens with two attached hydrogens (primary N) is 1. The molecule has 1 aromatic carbocycles. The van der Waals surface area contributed by atoms with Crippen molar-refractivity contribution in [2.24, 2.45) is 0 Å². The molecule has 0 amide bonds. The Hall–Kier alpha value is -1.68. The number of hydrogen-bond donors (Lipinski definition) is 3. The molecule has 152 valence electrons. The van der Waals surface area contributed by atoms with Crippen molar-refractivity contribution in [2.75, 3.05) is 23.7 Å². The summed E-state index contributed by atoms with van der Waals surface area (Å²) in [6.07, 6.45) is 2.60. The van der Waals surface area contributed by atoms with Gasteiger partial charge < -0.3 is 27.1 Å². The van der Waals surface area contributed by atoms with Crippen LogP contribution in [0, 0.1) is 11.6 Å². The number of benzene rings is 1. The summed E-state index contributed by atoms with van der Waals surface area (Å²) in [6, 6.07) is -0.103. The second-order valence-corrected chi connectivity index (χ2v) is 7.80. The number of nitrogens with one attached hydrogen (secondary N) is 1. The third kappa shape index (κ3) is 3.65. The zero-order valence-electron chi connectivity index (χ0n) is 17.6. The third-order valence-electron chi connectivity index (χ3n) is 5.41. The van der Waals surface area contributed by atoms with Gasteiger partial charge in [0, 0.05) is 37.4 Å². The van der Waals surface area contributed by atoms with Gasteiger partial charge in [-0.3, -0.25) is 4.79 Å². The quantitative estimate of drug-likeness (QED) is 0.448. The van der Waals surface area contributed by atoms with Crippen molar-refractivity contribution in [2.45, 2.75) is 44.8 Å². The Bertz CT molecular complexity index is 1050. The van der Waals surface area contributed by atoms with Crippen LogP contribution in [-0.2, 0) is 0 Å². The van der Waals surface area contributed by atoms with E-state index < -0.39 is 39.7 Å². The number of nitrogens with zero attached hydrogens (tertiary/aromatic N) is 2. The number of rotatable bonds is 3. The van der Waals surface area contributed by atoms with Crippen LogP contribution in [0.1, 0.15) is 44.5 Å². The maximum atomic E-state index is 15.6. The first kappa shape index (κ1) is 22.0. The summed E-state index contributed by atoms with van der Waals surface area (Å²) >= 11 is 0. The molecule has 4 N–H and O–H groups in total. The Morgan fingerprint density at radius 1 is 1.24 bits per heavy atom. The molecule has 0 unspecified atom stereocenters. The van der Waals surface area contributed by atoms with Crippen LogP contribution in [0.2, 0.25) is 0 Å². The van der Waals surface area contributed by atoms with Crippen LogP contribution < -0.4 is 50.9 Å². The van der Waals surface area contributed by atoms with Gasteiger partial charge in [0.2, 0.25) is 5.43 Å². The van der Waals surface area contributed by atoms with E-state index in [1.165, 1.54) is 4.57 Å². The minimum atomic E-state index is -1.45. The number of aromatic nitrogens is 1. The first-order valence-electron chi connectivity index (χ1n) is 9.30. The van der Waals surface area contributed by atoms with E-state index in [1.54, 1.807) is 4.90 Å². The molecule has 2 atom stereocenters. The topological polar surface area (TPSA) is 101 Å². The normalized spacial score (nSPS) is 21.9. The van der Waals surface area contributed by atoms with Gasteiger partial charge in [-0.2, -0.15) is 0 Å². The second kappa shape index (κ2) is 7.86. The van der Waals surface area contributed by atoms with Crippen LogP contribution in [0.5, 0.6) is 0 Å².